The fraction of sp³-hybridized carbons (Fsp3) is 0.526. The van der Waals surface area contributed by atoms with Crippen LogP contribution in [0.4, 0.5) is 13.2 Å². The SMILES string of the molecule is CN1CCN(C(=O)[C@@H]2CN(Cc3ccc(C#N)cc3)C[C@H]2C(F)(F)F)CC1=O. The molecular weight excluding hydrogens is 373 g/mol. The van der Waals surface area contributed by atoms with Crippen molar-refractivity contribution in [3.63, 3.8) is 0 Å². The van der Waals surface area contributed by atoms with Crippen LogP contribution in [0.25, 0.3) is 0 Å². The molecule has 2 atom stereocenters. The fourth-order valence-corrected chi connectivity index (χ4v) is 3.72. The lowest BCUT2D eigenvalue weighted by Gasteiger charge is -2.34. The Kier molecular flexibility index (Phi) is 5.61. The summed E-state index contributed by atoms with van der Waals surface area (Å²) < 4.78 is 40.7. The van der Waals surface area contributed by atoms with E-state index in [9.17, 15) is 22.8 Å². The second-order valence-corrected chi connectivity index (χ2v) is 7.33. The number of piperazine rings is 1. The van der Waals surface area contributed by atoms with Gasteiger partial charge in [0.25, 0.3) is 0 Å². The van der Waals surface area contributed by atoms with E-state index in [0.29, 0.717) is 12.1 Å². The lowest BCUT2D eigenvalue weighted by molar-refractivity contribution is -0.186. The van der Waals surface area contributed by atoms with Crippen molar-refractivity contribution in [1.82, 2.24) is 14.7 Å². The van der Waals surface area contributed by atoms with Crippen LogP contribution in [0.15, 0.2) is 24.3 Å². The number of nitriles is 1. The summed E-state index contributed by atoms with van der Waals surface area (Å²) in [6.45, 7) is 0.390. The number of likely N-dealkylation sites (N-methyl/N-ethyl adjacent to an activating group) is 1. The zero-order valence-electron chi connectivity index (χ0n) is 15.4. The molecule has 6 nitrogen and oxygen atoms in total. The number of nitrogens with zero attached hydrogens (tertiary/aromatic N) is 4. The van der Waals surface area contributed by atoms with Crippen molar-refractivity contribution in [3.8, 4) is 6.07 Å². The molecule has 0 radical (unpaired) electrons. The Morgan fingerprint density at radius 3 is 2.46 bits per heavy atom. The molecule has 2 aliphatic rings. The number of carbonyl (C=O) groups excluding carboxylic acids is 2. The van der Waals surface area contributed by atoms with Gasteiger partial charge in [-0.15, -0.1) is 0 Å². The van der Waals surface area contributed by atoms with Crippen LogP contribution in [0.5, 0.6) is 0 Å². The van der Waals surface area contributed by atoms with E-state index in [1.54, 1.807) is 36.2 Å². The van der Waals surface area contributed by atoms with Crippen molar-refractivity contribution in [2.75, 3.05) is 39.8 Å². The van der Waals surface area contributed by atoms with Gasteiger partial charge < -0.3 is 9.80 Å². The number of rotatable bonds is 3. The first-order valence-electron chi connectivity index (χ1n) is 9.00. The molecule has 2 heterocycles. The van der Waals surface area contributed by atoms with E-state index in [1.807, 2.05) is 6.07 Å². The van der Waals surface area contributed by atoms with Gasteiger partial charge in [0.05, 0.1) is 30.0 Å². The molecule has 0 bridgehead atoms. The summed E-state index contributed by atoms with van der Waals surface area (Å²) in [7, 11) is 1.61. The third-order valence-electron chi connectivity index (χ3n) is 5.39. The molecule has 2 saturated heterocycles. The van der Waals surface area contributed by atoms with Gasteiger partial charge in [-0.3, -0.25) is 14.5 Å². The Balaban J connectivity index is 1.72. The normalized spacial score (nSPS) is 23.8. The van der Waals surface area contributed by atoms with Crippen LogP contribution in [0.3, 0.4) is 0 Å². The molecule has 1 aromatic carbocycles. The van der Waals surface area contributed by atoms with Gasteiger partial charge in [-0.1, -0.05) is 12.1 Å². The molecule has 0 unspecified atom stereocenters. The highest BCUT2D eigenvalue weighted by molar-refractivity contribution is 5.87. The Labute approximate surface area is 161 Å². The minimum Gasteiger partial charge on any atom is -0.342 e. The smallest absolute Gasteiger partial charge is 0.342 e. The highest BCUT2D eigenvalue weighted by Crippen LogP contribution is 2.39. The van der Waals surface area contributed by atoms with Gasteiger partial charge in [-0.05, 0) is 17.7 Å². The Morgan fingerprint density at radius 2 is 1.89 bits per heavy atom. The Morgan fingerprint density at radius 1 is 1.21 bits per heavy atom. The molecule has 0 spiro atoms. The molecule has 0 N–H and O–H groups in total. The van der Waals surface area contributed by atoms with Crippen LogP contribution in [0.1, 0.15) is 11.1 Å². The van der Waals surface area contributed by atoms with Crippen molar-refractivity contribution in [3.05, 3.63) is 35.4 Å². The van der Waals surface area contributed by atoms with Gasteiger partial charge >= 0.3 is 6.18 Å². The molecule has 3 rings (SSSR count). The number of halogens is 3. The standard InChI is InChI=1S/C19H21F3N4O2/c1-24-6-7-26(12-17(24)27)18(28)15-10-25(11-16(15)19(20,21)22)9-14-4-2-13(8-23)3-5-14/h2-5,15-16H,6-7,9-12H2,1H3/t15-,16-/m1/s1. The van der Waals surface area contributed by atoms with Crippen LogP contribution in [-0.4, -0.2) is 72.5 Å². The zero-order chi connectivity index (χ0) is 20.5. The highest BCUT2D eigenvalue weighted by atomic mass is 19.4. The van der Waals surface area contributed by atoms with Gasteiger partial charge in [-0.2, -0.15) is 18.4 Å². The number of benzene rings is 1. The molecule has 1 aromatic rings. The van der Waals surface area contributed by atoms with E-state index in [0.717, 1.165) is 5.56 Å². The monoisotopic (exact) mass is 394 g/mol. The van der Waals surface area contributed by atoms with Gasteiger partial charge in [0.1, 0.15) is 0 Å². The number of likely N-dealkylation sites (tertiary alicyclic amines) is 1. The summed E-state index contributed by atoms with van der Waals surface area (Å²) in [4.78, 5) is 28.9. The zero-order valence-corrected chi connectivity index (χ0v) is 15.4. The summed E-state index contributed by atoms with van der Waals surface area (Å²) in [5.41, 5.74) is 1.26. The van der Waals surface area contributed by atoms with Crippen molar-refractivity contribution in [2.24, 2.45) is 11.8 Å². The van der Waals surface area contributed by atoms with Crippen LogP contribution in [0.2, 0.25) is 0 Å². The van der Waals surface area contributed by atoms with Gasteiger partial charge in [0.15, 0.2) is 0 Å². The summed E-state index contributed by atoms with van der Waals surface area (Å²) in [6, 6.07) is 8.64. The second kappa shape index (κ2) is 7.80. The van der Waals surface area contributed by atoms with E-state index in [2.05, 4.69) is 0 Å². The number of carbonyl (C=O) groups is 2. The Bertz CT molecular complexity index is 788. The fourth-order valence-electron chi connectivity index (χ4n) is 3.72. The molecule has 0 aliphatic carbocycles. The van der Waals surface area contributed by atoms with E-state index >= 15 is 0 Å². The topological polar surface area (TPSA) is 67.7 Å². The predicted molar refractivity (Wildman–Crippen MR) is 93.7 cm³/mol. The molecular formula is C19H21F3N4O2. The van der Waals surface area contributed by atoms with Crippen molar-refractivity contribution in [2.45, 2.75) is 12.7 Å². The second-order valence-electron chi connectivity index (χ2n) is 7.33. The number of hydrogen-bond acceptors (Lipinski definition) is 4. The lowest BCUT2D eigenvalue weighted by atomic mass is 9.93. The van der Waals surface area contributed by atoms with Crippen molar-refractivity contribution < 1.29 is 22.8 Å². The van der Waals surface area contributed by atoms with Crippen LogP contribution >= 0.6 is 0 Å². The molecule has 2 fully saturated rings. The van der Waals surface area contributed by atoms with E-state index < -0.39 is 23.9 Å². The van der Waals surface area contributed by atoms with Crippen LogP contribution < -0.4 is 0 Å². The molecule has 2 amide bonds. The minimum atomic E-state index is -4.49. The molecule has 9 heteroatoms. The summed E-state index contributed by atoms with van der Waals surface area (Å²) >= 11 is 0. The van der Waals surface area contributed by atoms with E-state index in [1.165, 1.54) is 9.80 Å². The van der Waals surface area contributed by atoms with E-state index in [4.69, 9.17) is 5.26 Å². The predicted octanol–water partition coefficient (Wildman–Crippen LogP) is 1.47. The average molecular weight is 394 g/mol. The molecule has 0 aromatic heterocycles. The third-order valence-corrected chi connectivity index (χ3v) is 5.39. The van der Waals surface area contributed by atoms with Crippen molar-refractivity contribution >= 4 is 11.8 Å². The largest absolute Gasteiger partial charge is 0.393 e. The molecule has 150 valence electrons. The first kappa shape index (κ1) is 20.1. The van der Waals surface area contributed by atoms with Crippen LogP contribution in [0, 0.1) is 23.2 Å². The number of hydrogen-bond donors (Lipinski definition) is 0. The quantitative estimate of drug-likeness (QED) is 0.779. The van der Waals surface area contributed by atoms with E-state index in [-0.39, 0.29) is 38.6 Å². The number of amides is 2. The maximum atomic E-state index is 13.6. The highest BCUT2D eigenvalue weighted by Gasteiger charge is 2.53. The van der Waals surface area contributed by atoms with Crippen molar-refractivity contribution in [1.29, 1.82) is 5.26 Å². The molecule has 2 aliphatic heterocycles. The summed E-state index contributed by atoms with van der Waals surface area (Å²) in [5, 5.41) is 8.84. The van der Waals surface area contributed by atoms with Gasteiger partial charge in [0, 0.05) is 39.8 Å². The first-order valence-corrected chi connectivity index (χ1v) is 9.00. The minimum absolute atomic E-state index is 0.0104. The summed E-state index contributed by atoms with van der Waals surface area (Å²) in [5.74, 6) is -3.84. The lowest BCUT2D eigenvalue weighted by Crippen LogP contribution is -2.53. The third kappa shape index (κ3) is 4.28. The molecule has 0 saturated carbocycles. The van der Waals surface area contributed by atoms with Crippen LogP contribution in [-0.2, 0) is 16.1 Å². The Hall–Kier alpha value is -2.60. The maximum Gasteiger partial charge on any atom is 0.393 e. The maximum absolute atomic E-state index is 13.6. The summed E-state index contributed by atoms with van der Waals surface area (Å²) in [6.07, 6.45) is -4.49. The number of alkyl halides is 3. The van der Waals surface area contributed by atoms with Gasteiger partial charge in [-0.25, -0.2) is 0 Å². The first-order chi connectivity index (χ1) is 13.2. The van der Waals surface area contributed by atoms with Gasteiger partial charge in [0.2, 0.25) is 11.8 Å². The average Bonchev–Trinajstić information content (AvgIpc) is 3.08. The molecule has 28 heavy (non-hydrogen) atoms.